The summed E-state index contributed by atoms with van der Waals surface area (Å²) in [5, 5.41) is 3.47. The molecule has 2 rings (SSSR count). The van der Waals surface area contributed by atoms with Crippen LogP contribution in [-0.4, -0.2) is 50.0 Å². The first-order valence-corrected chi connectivity index (χ1v) is 13.9. The van der Waals surface area contributed by atoms with Crippen LogP contribution in [0.3, 0.4) is 0 Å². The fourth-order valence-electron chi connectivity index (χ4n) is 3.22. The Hall–Kier alpha value is -1.81. The summed E-state index contributed by atoms with van der Waals surface area (Å²) < 4.78 is 27.1. The Balaban J connectivity index is 2.43. The Bertz CT molecular complexity index is 1170. The van der Waals surface area contributed by atoms with Gasteiger partial charge in [-0.25, -0.2) is 8.42 Å². The number of nitrogens with zero attached hydrogens (tertiary/aromatic N) is 2. The van der Waals surface area contributed by atoms with Crippen molar-refractivity contribution in [2.45, 2.75) is 46.3 Å². The van der Waals surface area contributed by atoms with Crippen LogP contribution in [0.5, 0.6) is 0 Å². The maximum absolute atomic E-state index is 13.5. The first-order valence-electron chi connectivity index (χ1n) is 10.5. The van der Waals surface area contributed by atoms with Crippen LogP contribution in [0.4, 0.5) is 5.69 Å². The molecule has 0 radical (unpaired) electrons. The van der Waals surface area contributed by atoms with E-state index in [2.05, 4.69) is 21.2 Å². The number of rotatable bonds is 9. The second kappa shape index (κ2) is 11.7. The molecule has 0 aliphatic heterocycles. The molecule has 34 heavy (non-hydrogen) atoms. The van der Waals surface area contributed by atoms with Gasteiger partial charge in [0.25, 0.3) is 0 Å². The maximum Gasteiger partial charge on any atom is 0.244 e. The van der Waals surface area contributed by atoms with E-state index in [4.69, 9.17) is 23.2 Å². The van der Waals surface area contributed by atoms with Crippen molar-refractivity contribution in [1.29, 1.82) is 0 Å². The highest BCUT2D eigenvalue weighted by Crippen LogP contribution is 2.26. The van der Waals surface area contributed by atoms with E-state index in [0.29, 0.717) is 21.3 Å². The summed E-state index contributed by atoms with van der Waals surface area (Å²) in [5.41, 5.74) is 1.82. The van der Waals surface area contributed by atoms with Crippen LogP contribution >= 0.6 is 39.1 Å². The minimum Gasteiger partial charge on any atom is -0.352 e. The van der Waals surface area contributed by atoms with Gasteiger partial charge in [0.1, 0.15) is 12.6 Å². The number of sulfonamides is 1. The molecule has 11 heteroatoms. The summed E-state index contributed by atoms with van der Waals surface area (Å²) in [6, 6.07) is 8.94. The van der Waals surface area contributed by atoms with Gasteiger partial charge in [-0.15, -0.1) is 0 Å². The molecule has 0 saturated heterocycles. The largest absolute Gasteiger partial charge is 0.352 e. The molecule has 2 aromatic rings. The number of anilines is 1. The van der Waals surface area contributed by atoms with Crippen LogP contribution < -0.4 is 9.62 Å². The van der Waals surface area contributed by atoms with Gasteiger partial charge in [-0.05, 0) is 69.2 Å². The van der Waals surface area contributed by atoms with Crippen molar-refractivity contribution in [3.8, 4) is 0 Å². The lowest BCUT2D eigenvalue weighted by molar-refractivity contribution is -0.139. The molecular weight excluding hydrogens is 565 g/mol. The molecule has 0 spiro atoms. The third-order valence-electron chi connectivity index (χ3n) is 5.04. The highest BCUT2D eigenvalue weighted by molar-refractivity contribution is 9.10. The monoisotopic (exact) mass is 591 g/mol. The van der Waals surface area contributed by atoms with Crippen LogP contribution in [0.15, 0.2) is 40.9 Å². The molecule has 186 valence electrons. The summed E-state index contributed by atoms with van der Waals surface area (Å²) in [4.78, 5) is 27.6. The number of amides is 2. The van der Waals surface area contributed by atoms with Gasteiger partial charge < -0.3 is 10.2 Å². The number of halogens is 3. The number of nitrogens with one attached hydrogen (secondary N) is 1. The highest BCUT2D eigenvalue weighted by atomic mass is 79.9. The van der Waals surface area contributed by atoms with Gasteiger partial charge in [0.2, 0.25) is 21.8 Å². The number of aryl methyl sites for hydroxylation is 1. The Kier molecular flexibility index (Phi) is 9.82. The van der Waals surface area contributed by atoms with E-state index in [0.717, 1.165) is 20.6 Å². The summed E-state index contributed by atoms with van der Waals surface area (Å²) in [7, 11) is -3.79. The minimum atomic E-state index is -3.79. The van der Waals surface area contributed by atoms with Crippen molar-refractivity contribution in [2.24, 2.45) is 0 Å². The quantitative estimate of drug-likeness (QED) is 0.454. The molecule has 2 amide bonds. The maximum atomic E-state index is 13.5. The van der Waals surface area contributed by atoms with Gasteiger partial charge in [0.05, 0.1) is 22.0 Å². The van der Waals surface area contributed by atoms with Crippen LogP contribution in [0.1, 0.15) is 31.9 Å². The highest BCUT2D eigenvalue weighted by Gasteiger charge is 2.30. The Morgan fingerprint density at radius 2 is 1.71 bits per heavy atom. The molecule has 1 N–H and O–H groups in total. The topological polar surface area (TPSA) is 86.8 Å². The predicted octanol–water partition coefficient (Wildman–Crippen LogP) is 4.77. The van der Waals surface area contributed by atoms with Gasteiger partial charge in [-0.3, -0.25) is 13.9 Å². The molecule has 2 aromatic carbocycles. The SMILES string of the molecule is Cc1cc(N(CC(=O)N(Cc2ccc(Cl)c(Cl)c2)C(C)C(=O)NC(C)C)S(C)(=O)=O)ccc1Br. The zero-order valence-electron chi connectivity index (χ0n) is 19.6. The van der Waals surface area contributed by atoms with E-state index in [-0.39, 0.29) is 18.5 Å². The summed E-state index contributed by atoms with van der Waals surface area (Å²) in [6.45, 7) is 6.63. The Morgan fingerprint density at radius 1 is 1.06 bits per heavy atom. The van der Waals surface area contributed by atoms with E-state index in [1.807, 2.05) is 20.8 Å². The number of carbonyl (C=O) groups excluding carboxylic acids is 2. The van der Waals surface area contributed by atoms with E-state index in [9.17, 15) is 18.0 Å². The molecule has 0 heterocycles. The Morgan fingerprint density at radius 3 is 2.24 bits per heavy atom. The number of carbonyl (C=O) groups is 2. The average molecular weight is 593 g/mol. The van der Waals surface area contributed by atoms with Gasteiger partial charge >= 0.3 is 0 Å². The zero-order chi connectivity index (χ0) is 25.8. The predicted molar refractivity (Wildman–Crippen MR) is 141 cm³/mol. The minimum absolute atomic E-state index is 0.0410. The number of benzene rings is 2. The first-order chi connectivity index (χ1) is 15.7. The standard InChI is InChI=1S/C23H28BrCl2N3O4S/c1-14(2)27-23(31)16(4)28(12-17-6-9-20(25)21(26)11-17)22(30)13-29(34(5,32)33)18-7-8-19(24)15(3)10-18/h6-11,14,16H,12-13H2,1-5H3,(H,27,31). The molecule has 0 aliphatic carbocycles. The number of hydrogen-bond donors (Lipinski definition) is 1. The molecule has 0 aliphatic rings. The van der Waals surface area contributed by atoms with Crippen molar-refractivity contribution in [3.63, 3.8) is 0 Å². The van der Waals surface area contributed by atoms with Crippen LogP contribution in [0.2, 0.25) is 10.0 Å². The van der Waals surface area contributed by atoms with Gasteiger partial charge in [-0.2, -0.15) is 0 Å². The van der Waals surface area contributed by atoms with E-state index >= 15 is 0 Å². The fourth-order valence-corrected chi connectivity index (χ4v) is 4.63. The lowest BCUT2D eigenvalue weighted by Gasteiger charge is -2.32. The normalized spacial score (nSPS) is 12.4. The van der Waals surface area contributed by atoms with Gasteiger partial charge in [0, 0.05) is 17.1 Å². The molecule has 7 nitrogen and oxygen atoms in total. The smallest absolute Gasteiger partial charge is 0.244 e. The van der Waals surface area contributed by atoms with E-state index < -0.39 is 28.5 Å². The van der Waals surface area contributed by atoms with Crippen LogP contribution in [0, 0.1) is 6.92 Å². The van der Waals surface area contributed by atoms with Crippen LogP contribution in [-0.2, 0) is 26.2 Å². The summed E-state index contributed by atoms with van der Waals surface area (Å²) in [6.07, 6.45) is 1.04. The second-order valence-corrected chi connectivity index (χ2v) is 11.9. The third-order valence-corrected chi connectivity index (χ3v) is 7.81. The first kappa shape index (κ1) is 28.4. The zero-order valence-corrected chi connectivity index (χ0v) is 23.5. The number of hydrogen-bond acceptors (Lipinski definition) is 4. The van der Waals surface area contributed by atoms with E-state index in [1.165, 1.54) is 4.90 Å². The fraction of sp³-hybridized carbons (Fsp3) is 0.391. The lowest BCUT2D eigenvalue weighted by atomic mass is 10.1. The third kappa shape index (κ3) is 7.60. The molecule has 1 unspecified atom stereocenters. The van der Waals surface area contributed by atoms with Gasteiger partial charge in [0.15, 0.2) is 0 Å². The van der Waals surface area contributed by atoms with Crippen molar-refractivity contribution in [3.05, 3.63) is 62.0 Å². The summed E-state index contributed by atoms with van der Waals surface area (Å²) >= 11 is 15.5. The van der Waals surface area contributed by atoms with Gasteiger partial charge in [-0.1, -0.05) is 45.2 Å². The second-order valence-electron chi connectivity index (χ2n) is 8.31. The van der Waals surface area contributed by atoms with Crippen molar-refractivity contribution in [1.82, 2.24) is 10.2 Å². The molecule has 0 bridgehead atoms. The molecule has 0 fully saturated rings. The lowest BCUT2D eigenvalue weighted by Crippen LogP contribution is -2.52. The van der Waals surface area contributed by atoms with Crippen molar-refractivity contribution >= 4 is 66.7 Å². The Labute approximate surface area is 219 Å². The average Bonchev–Trinajstić information content (AvgIpc) is 2.72. The van der Waals surface area contributed by atoms with Crippen molar-refractivity contribution < 1.29 is 18.0 Å². The molecule has 0 saturated carbocycles. The van der Waals surface area contributed by atoms with Crippen LogP contribution in [0.25, 0.3) is 0 Å². The molecule has 0 aromatic heterocycles. The summed E-state index contributed by atoms with van der Waals surface area (Å²) in [5.74, 6) is -0.891. The molecule has 1 atom stereocenters. The van der Waals surface area contributed by atoms with E-state index in [1.54, 1.807) is 43.3 Å². The molecular formula is C23H28BrCl2N3O4S. The van der Waals surface area contributed by atoms with Crippen molar-refractivity contribution in [2.75, 3.05) is 17.1 Å².